The summed E-state index contributed by atoms with van der Waals surface area (Å²) in [6, 6.07) is 4.62. The van der Waals surface area contributed by atoms with Crippen molar-refractivity contribution < 1.29 is 29.9 Å². The zero-order valence-electron chi connectivity index (χ0n) is 11.3. The molecule has 0 fully saturated rings. The second kappa shape index (κ2) is 5.03. The highest BCUT2D eigenvalue weighted by molar-refractivity contribution is 7.80. The van der Waals surface area contributed by atoms with Crippen LogP contribution in [0.1, 0.15) is 0 Å². The highest BCUT2D eigenvalue weighted by atomic mass is 32.1. The minimum atomic E-state index is -0.929. The van der Waals surface area contributed by atoms with Crippen molar-refractivity contribution in [1.29, 1.82) is 0 Å². The molecule has 0 atom stereocenters. The first-order chi connectivity index (χ1) is 10.8. The summed E-state index contributed by atoms with van der Waals surface area (Å²) in [5, 5.41) is 48.1. The van der Waals surface area contributed by atoms with Gasteiger partial charge in [-0.3, -0.25) is 4.79 Å². The van der Waals surface area contributed by atoms with Crippen molar-refractivity contribution in [3.05, 3.63) is 34.5 Å². The summed E-state index contributed by atoms with van der Waals surface area (Å²) in [7, 11) is 0. The normalized spacial score (nSPS) is 11.0. The van der Waals surface area contributed by atoms with Crippen molar-refractivity contribution in [3.8, 4) is 40.1 Å². The average molecular weight is 334 g/mol. The number of aromatic hydroxyl groups is 5. The molecule has 3 aromatic rings. The van der Waals surface area contributed by atoms with Crippen LogP contribution in [-0.4, -0.2) is 25.5 Å². The molecule has 0 aliphatic carbocycles. The maximum atomic E-state index is 12.3. The second-order valence-electron chi connectivity index (χ2n) is 4.78. The Bertz CT molecular complexity index is 1010. The van der Waals surface area contributed by atoms with Crippen molar-refractivity contribution in [2.75, 3.05) is 0 Å². The number of hydrogen-bond acceptors (Lipinski definition) is 8. The monoisotopic (exact) mass is 334 g/mol. The Morgan fingerprint density at radius 2 is 1.57 bits per heavy atom. The Labute approximate surface area is 133 Å². The van der Waals surface area contributed by atoms with Gasteiger partial charge in [-0.25, -0.2) is 0 Å². The lowest BCUT2D eigenvalue weighted by Crippen LogP contribution is -2.03. The zero-order valence-corrected chi connectivity index (χ0v) is 12.2. The number of phenolic OH excluding ortho intramolecular Hbond substituents is 4. The SMILES string of the molecule is O=c1c(O)c(-c2ccc(O)c(O)c2)oc2cc(O)c(S)c(O)c12. The first-order valence-corrected chi connectivity index (χ1v) is 6.72. The van der Waals surface area contributed by atoms with E-state index in [1.807, 2.05) is 0 Å². The summed E-state index contributed by atoms with van der Waals surface area (Å²) < 4.78 is 5.37. The molecule has 0 amide bonds. The number of phenols is 4. The summed E-state index contributed by atoms with van der Waals surface area (Å²) in [4.78, 5) is 12.0. The van der Waals surface area contributed by atoms with E-state index in [9.17, 15) is 30.3 Å². The van der Waals surface area contributed by atoms with E-state index in [4.69, 9.17) is 4.42 Å². The quantitative estimate of drug-likeness (QED) is 0.297. The van der Waals surface area contributed by atoms with Gasteiger partial charge in [-0.15, -0.1) is 12.6 Å². The van der Waals surface area contributed by atoms with E-state index in [0.717, 1.165) is 18.2 Å². The molecule has 0 aliphatic rings. The van der Waals surface area contributed by atoms with Crippen molar-refractivity contribution in [2.24, 2.45) is 0 Å². The molecule has 23 heavy (non-hydrogen) atoms. The second-order valence-corrected chi connectivity index (χ2v) is 5.23. The predicted molar refractivity (Wildman–Crippen MR) is 83.5 cm³/mol. The Morgan fingerprint density at radius 1 is 0.870 bits per heavy atom. The first-order valence-electron chi connectivity index (χ1n) is 6.27. The van der Waals surface area contributed by atoms with Gasteiger partial charge in [0.2, 0.25) is 11.2 Å². The lowest BCUT2D eigenvalue weighted by molar-refractivity contribution is 0.403. The van der Waals surface area contributed by atoms with Gasteiger partial charge in [0.05, 0.1) is 4.90 Å². The van der Waals surface area contributed by atoms with Gasteiger partial charge in [-0.05, 0) is 18.2 Å². The van der Waals surface area contributed by atoms with E-state index < -0.39 is 28.4 Å². The fourth-order valence-electron chi connectivity index (χ4n) is 2.16. The average Bonchev–Trinajstić information content (AvgIpc) is 2.51. The molecule has 0 saturated carbocycles. The summed E-state index contributed by atoms with van der Waals surface area (Å²) in [5.74, 6) is -2.97. The molecule has 0 unspecified atom stereocenters. The van der Waals surface area contributed by atoms with E-state index >= 15 is 0 Å². The third kappa shape index (κ3) is 2.20. The van der Waals surface area contributed by atoms with Crippen molar-refractivity contribution >= 4 is 23.6 Å². The van der Waals surface area contributed by atoms with Crippen LogP contribution in [0.4, 0.5) is 0 Å². The summed E-state index contributed by atoms with van der Waals surface area (Å²) in [6.45, 7) is 0. The molecule has 1 heterocycles. The summed E-state index contributed by atoms with van der Waals surface area (Å²) in [6.07, 6.45) is 0. The molecule has 0 radical (unpaired) electrons. The van der Waals surface area contributed by atoms with Crippen molar-refractivity contribution in [1.82, 2.24) is 0 Å². The van der Waals surface area contributed by atoms with Crippen LogP contribution in [0.2, 0.25) is 0 Å². The Morgan fingerprint density at radius 3 is 2.22 bits per heavy atom. The van der Waals surface area contributed by atoms with E-state index in [2.05, 4.69) is 12.6 Å². The molecule has 1 aromatic heterocycles. The molecule has 3 rings (SSSR count). The molecule has 5 N–H and O–H groups in total. The molecule has 7 nitrogen and oxygen atoms in total. The van der Waals surface area contributed by atoms with Crippen LogP contribution in [0, 0.1) is 0 Å². The van der Waals surface area contributed by atoms with Gasteiger partial charge in [-0.2, -0.15) is 0 Å². The molecule has 0 spiro atoms. The Kier molecular flexibility index (Phi) is 3.26. The lowest BCUT2D eigenvalue weighted by Gasteiger charge is -2.09. The Balaban J connectivity index is 2.40. The molecule has 0 aliphatic heterocycles. The van der Waals surface area contributed by atoms with Crippen LogP contribution in [-0.2, 0) is 0 Å². The maximum absolute atomic E-state index is 12.3. The van der Waals surface area contributed by atoms with E-state index in [-0.39, 0.29) is 32.9 Å². The fraction of sp³-hybridized carbons (Fsp3) is 0. The van der Waals surface area contributed by atoms with Crippen LogP contribution in [0.5, 0.6) is 28.7 Å². The van der Waals surface area contributed by atoms with Gasteiger partial charge in [0.25, 0.3) is 0 Å². The Hall–Kier alpha value is -3.00. The van der Waals surface area contributed by atoms with E-state index in [0.29, 0.717) is 0 Å². The topological polar surface area (TPSA) is 131 Å². The third-order valence-electron chi connectivity index (χ3n) is 3.32. The van der Waals surface area contributed by atoms with Crippen LogP contribution in [0.25, 0.3) is 22.3 Å². The minimum absolute atomic E-state index is 0.116. The maximum Gasteiger partial charge on any atom is 0.238 e. The molecule has 2 aromatic carbocycles. The highest BCUT2D eigenvalue weighted by Gasteiger charge is 2.21. The molecule has 8 heteroatoms. The number of rotatable bonds is 1. The van der Waals surface area contributed by atoms with Crippen LogP contribution >= 0.6 is 12.6 Å². The first kappa shape index (κ1) is 14.9. The highest BCUT2D eigenvalue weighted by Crippen LogP contribution is 2.40. The van der Waals surface area contributed by atoms with Crippen molar-refractivity contribution in [2.45, 2.75) is 4.90 Å². The van der Waals surface area contributed by atoms with Crippen LogP contribution in [0.3, 0.4) is 0 Å². The van der Waals surface area contributed by atoms with Crippen LogP contribution in [0.15, 0.2) is 38.4 Å². The minimum Gasteiger partial charge on any atom is -0.507 e. The number of hydrogen-bond donors (Lipinski definition) is 6. The van der Waals surface area contributed by atoms with Gasteiger partial charge in [-0.1, -0.05) is 0 Å². The van der Waals surface area contributed by atoms with Crippen LogP contribution < -0.4 is 5.43 Å². The van der Waals surface area contributed by atoms with E-state index in [1.54, 1.807) is 0 Å². The van der Waals surface area contributed by atoms with E-state index in [1.165, 1.54) is 6.07 Å². The standard InChI is InChI=1S/C15H10O7S/c16-6-2-1-5(3-7(6)17)14-13(21)11(19)10-9(22-14)4-8(18)15(23)12(10)20/h1-4,16-18,20-21,23H. The smallest absolute Gasteiger partial charge is 0.238 e. The summed E-state index contributed by atoms with van der Waals surface area (Å²) >= 11 is 3.87. The third-order valence-corrected chi connectivity index (χ3v) is 3.77. The molecule has 0 saturated heterocycles. The number of thiol groups is 1. The van der Waals surface area contributed by atoms with Gasteiger partial charge < -0.3 is 29.9 Å². The number of fused-ring (bicyclic) bond motifs is 1. The van der Waals surface area contributed by atoms with Gasteiger partial charge in [0.15, 0.2) is 17.3 Å². The number of benzene rings is 2. The van der Waals surface area contributed by atoms with Crippen molar-refractivity contribution in [3.63, 3.8) is 0 Å². The predicted octanol–water partition coefficient (Wildman–Crippen LogP) is 2.28. The molecule has 118 valence electrons. The molecular weight excluding hydrogens is 324 g/mol. The molecular formula is C15H10O7S. The van der Waals surface area contributed by atoms with Gasteiger partial charge >= 0.3 is 0 Å². The summed E-state index contributed by atoms with van der Waals surface area (Å²) in [5.41, 5.74) is -0.990. The largest absolute Gasteiger partial charge is 0.507 e. The fourth-order valence-corrected chi connectivity index (χ4v) is 2.34. The lowest BCUT2D eigenvalue weighted by atomic mass is 10.1. The van der Waals surface area contributed by atoms with Gasteiger partial charge in [0, 0.05) is 11.6 Å². The van der Waals surface area contributed by atoms with Gasteiger partial charge in [0.1, 0.15) is 22.5 Å². The molecule has 0 bridgehead atoms. The zero-order chi connectivity index (χ0) is 16.9.